The molecule has 4 heteroatoms. The van der Waals surface area contributed by atoms with Gasteiger partial charge in [-0.25, -0.2) is 4.79 Å². The number of carboxylic acids is 1. The van der Waals surface area contributed by atoms with Crippen molar-refractivity contribution < 1.29 is 19.5 Å². The average molecular weight is 397 g/mol. The number of ketones is 2. The van der Waals surface area contributed by atoms with Crippen LogP contribution in [-0.4, -0.2) is 22.6 Å². The van der Waals surface area contributed by atoms with E-state index in [-0.39, 0.29) is 29.5 Å². The first-order valence-corrected chi connectivity index (χ1v) is 10.2. The lowest BCUT2D eigenvalue weighted by atomic mass is 9.61. The van der Waals surface area contributed by atoms with Gasteiger partial charge in [0.25, 0.3) is 0 Å². The lowest BCUT2D eigenvalue weighted by Gasteiger charge is -2.42. The van der Waals surface area contributed by atoms with E-state index in [1.54, 1.807) is 13.0 Å². The largest absolute Gasteiger partial charge is 0.478 e. The van der Waals surface area contributed by atoms with Crippen molar-refractivity contribution >= 4 is 17.5 Å². The number of carbonyl (C=O) groups excluding carboxylic acids is 2. The van der Waals surface area contributed by atoms with Gasteiger partial charge in [0.2, 0.25) is 0 Å². The lowest BCUT2D eigenvalue weighted by Crippen LogP contribution is -2.39. The summed E-state index contributed by atoms with van der Waals surface area (Å²) >= 11 is 0. The maximum atomic E-state index is 12.7. The van der Waals surface area contributed by atoms with E-state index in [1.807, 2.05) is 33.8 Å². The fourth-order valence-corrected chi connectivity index (χ4v) is 4.76. The fraction of sp³-hybridized carbons (Fsp3) is 0.480. The molecule has 1 N–H and O–H groups in total. The second-order valence-electron chi connectivity index (χ2n) is 8.62. The van der Waals surface area contributed by atoms with Crippen molar-refractivity contribution in [1.82, 2.24) is 0 Å². The van der Waals surface area contributed by atoms with Gasteiger partial charge in [0, 0.05) is 30.3 Å². The summed E-state index contributed by atoms with van der Waals surface area (Å²) in [4.78, 5) is 35.4. The van der Waals surface area contributed by atoms with E-state index in [1.165, 1.54) is 5.57 Å². The second kappa shape index (κ2) is 9.34. The van der Waals surface area contributed by atoms with Crippen LogP contribution in [0.2, 0.25) is 0 Å². The molecule has 0 saturated heterocycles. The topological polar surface area (TPSA) is 71.4 Å². The zero-order valence-electron chi connectivity index (χ0n) is 18.3. The van der Waals surface area contributed by atoms with Crippen LogP contribution in [0.25, 0.3) is 0 Å². The molecular weight excluding hydrogens is 364 g/mol. The maximum Gasteiger partial charge on any atom is 0.328 e. The summed E-state index contributed by atoms with van der Waals surface area (Å²) in [6.45, 7) is 11.5. The van der Waals surface area contributed by atoms with E-state index in [2.05, 4.69) is 19.1 Å². The Hall–Kier alpha value is -2.49. The van der Waals surface area contributed by atoms with E-state index in [9.17, 15) is 14.4 Å². The highest BCUT2D eigenvalue weighted by atomic mass is 16.4. The van der Waals surface area contributed by atoms with E-state index >= 15 is 0 Å². The van der Waals surface area contributed by atoms with Crippen LogP contribution >= 0.6 is 0 Å². The minimum Gasteiger partial charge on any atom is -0.478 e. The van der Waals surface area contributed by atoms with Gasteiger partial charge in [-0.1, -0.05) is 66.0 Å². The van der Waals surface area contributed by atoms with Crippen LogP contribution in [0.1, 0.15) is 54.4 Å². The van der Waals surface area contributed by atoms with Gasteiger partial charge in [-0.2, -0.15) is 0 Å². The van der Waals surface area contributed by atoms with Crippen LogP contribution in [0.4, 0.5) is 0 Å². The number of allylic oxidation sites excluding steroid dienone is 9. The molecule has 0 aromatic carbocycles. The highest BCUT2D eigenvalue weighted by Gasteiger charge is 2.42. The van der Waals surface area contributed by atoms with Gasteiger partial charge in [0.1, 0.15) is 11.6 Å². The number of hydrogen-bond donors (Lipinski definition) is 1. The fourth-order valence-electron chi connectivity index (χ4n) is 4.76. The summed E-state index contributed by atoms with van der Waals surface area (Å²) in [6, 6.07) is 0. The number of carboxylic acid groups (broad SMARTS) is 1. The zero-order valence-corrected chi connectivity index (χ0v) is 18.3. The Bertz CT molecular complexity index is 863. The van der Waals surface area contributed by atoms with Gasteiger partial charge in [-0.3, -0.25) is 9.59 Å². The molecule has 4 nitrogen and oxygen atoms in total. The lowest BCUT2D eigenvalue weighted by molar-refractivity contribution is -0.131. The summed E-state index contributed by atoms with van der Waals surface area (Å²) in [6.07, 6.45) is 10.1. The third-order valence-electron chi connectivity index (χ3n) is 5.97. The molecule has 1 saturated carbocycles. The molecule has 1 fully saturated rings. The van der Waals surface area contributed by atoms with Gasteiger partial charge in [0.15, 0.2) is 0 Å². The average Bonchev–Trinajstić information content (AvgIpc) is 2.60. The summed E-state index contributed by atoms with van der Waals surface area (Å²) in [5, 5.41) is 8.81. The molecule has 0 spiro atoms. The van der Waals surface area contributed by atoms with E-state index in [0.717, 1.165) is 34.8 Å². The number of carbonyl (C=O) groups is 3. The van der Waals surface area contributed by atoms with Gasteiger partial charge >= 0.3 is 5.97 Å². The number of Topliss-reactive ketones (excluding diaryl/α,β-unsaturated/α-hetero) is 2. The first-order valence-electron chi connectivity index (χ1n) is 10.2. The molecule has 0 aliphatic heterocycles. The summed E-state index contributed by atoms with van der Waals surface area (Å²) < 4.78 is 0. The number of aliphatic carboxylic acids is 1. The van der Waals surface area contributed by atoms with Crippen LogP contribution in [0.15, 0.2) is 58.2 Å². The Morgan fingerprint density at radius 2 is 1.79 bits per heavy atom. The van der Waals surface area contributed by atoms with Gasteiger partial charge in [-0.05, 0) is 40.0 Å². The Labute approximate surface area is 173 Å². The van der Waals surface area contributed by atoms with E-state index < -0.39 is 5.97 Å². The molecule has 156 valence electrons. The molecule has 0 radical (unpaired) electrons. The van der Waals surface area contributed by atoms with Crippen LogP contribution in [0.5, 0.6) is 0 Å². The first-order chi connectivity index (χ1) is 13.5. The Balaban J connectivity index is 2.50. The highest BCUT2D eigenvalue weighted by molar-refractivity contribution is 5.86. The van der Waals surface area contributed by atoms with Crippen molar-refractivity contribution in [2.24, 2.45) is 23.7 Å². The molecule has 0 aromatic rings. The maximum absolute atomic E-state index is 12.7. The normalized spacial score (nSPS) is 28.5. The third kappa shape index (κ3) is 5.53. The van der Waals surface area contributed by atoms with Gasteiger partial charge < -0.3 is 5.11 Å². The smallest absolute Gasteiger partial charge is 0.328 e. The molecule has 0 bridgehead atoms. The monoisotopic (exact) mass is 396 g/mol. The van der Waals surface area contributed by atoms with Crippen molar-refractivity contribution in [2.45, 2.75) is 54.4 Å². The molecule has 4 unspecified atom stereocenters. The molecular formula is C25H32O4. The minimum absolute atomic E-state index is 0.00199. The van der Waals surface area contributed by atoms with Crippen molar-refractivity contribution in [3.05, 3.63) is 58.2 Å². The zero-order chi connectivity index (χ0) is 21.9. The van der Waals surface area contributed by atoms with Crippen LogP contribution in [-0.2, 0) is 14.4 Å². The number of rotatable bonds is 6. The minimum atomic E-state index is -0.979. The van der Waals surface area contributed by atoms with Gasteiger partial charge in [0.05, 0.1) is 0 Å². The number of fused-ring (bicyclic) bond motifs is 1. The molecule has 2 aliphatic rings. The SMILES string of the molecule is CC(=O)CC1=C(C)C=C2CC(C)C(=O)C(C)C2C1C=C(C)C=C(C)C=CC(=O)O. The van der Waals surface area contributed by atoms with Crippen LogP contribution < -0.4 is 0 Å². The second-order valence-corrected chi connectivity index (χ2v) is 8.62. The summed E-state index contributed by atoms with van der Waals surface area (Å²) in [5.41, 5.74) is 5.35. The molecule has 0 amide bonds. The molecule has 29 heavy (non-hydrogen) atoms. The van der Waals surface area contributed by atoms with E-state index in [0.29, 0.717) is 12.2 Å². The van der Waals surface area contributed by atoms with Crippen LogP contribution in [0.3, 0.4) is 0 Å². The first kappa shape index (κ1) is 22.8. The molecule has 4 atom stereocenters. The third-order valence-corrected chi connectivity index (χ3v) is 5.97. The predicted octanol–water partition coefficient (Wildman–Crippen LogP) is 5.23. The van der Waals surface area contributed by atoms with Crippen LogP contribution in [0, 0.1) is 23.7 Å². The van der Waals surface area contributed by atoms with Crippen molar-refractivity contribution in [3.8, 4) is 0 Å². The van der Waals surface area contributed by atoms with Gasteiger partial charge in [-0.15, -0.1) is 0 Å². The summed E-state index contributed by atoms with van der Waals surface area (Å²) in [5.74, 6) is -0.553. The molecule has 2 aliphatic carbocycles. The Morgan fingerprint density at radius 1 is 1.14 bits per heavy atom. The van der Waals surface area contributed by atoms with Crippen molar-refractivity contribution in [2.75, 3.05) is 0 Å². The van der Waals surface area contributed by atoms with E-state index in [4.69, 9.17) is 5.11 Å². The van der Waals surface area contributed by atoms with Crippen molar-refractivity contribution in [3.63, 3.8) is 0 Å². The quantitative estimate of drug-likeness (QED) is 0.493. The summed E-state index contributed by atoms with van der Waals surface area (Å²) in [7, 11) is 0. The Kier molecular flexibility index (Phi) is 7.34. The molecule has 2 rings (SSSR count). The molecule has 0 aromatic heterocycles. The highest BCUT2D eigenvalue weighted by Crippen LogP contribution is 2.47. The standard InChI is InChI=1S/C25H32O4/c1-14(7-8-23(27)28)9-15(2)10-22-21(13-18(5)26)16(3)11-20-12-17(4)25(29)19(6)24(20)22/h7-11,17,19,22,24H,12-13H2,1-6H3,(H,27,28). The predicted molar refractivity (Wildman–Crippen MR) is 115 cm³/mol. The molecule has 0 heterocycles. The Morgan fingerprint density at radius 3 is 2.38 bits per heavy atom. The van der Waals surface area contributed by atoms with Crippen molar-refractivity contribution in [1.29, 1.82) is 0 Å². The number of hydrogen-bond acceptors (Lipinski definition) is 3.